The smallest absolute Gasteiger partial charge is 0.157 e. The third-order valence-corrected chi connectivity index (χ3v) is 3.60. The molecule has 1 aromatic rings. The summed E-state index contributed by atoms with van der Waals surface area (Å²) >= 11 is 23.6. The number of ether oxygens (including phenoxy) is 1. The minimum Gasteiger partial charge on any atom is -0.483 e. The third kappa shape index (κ3) is 2.47. The molecule has 0 aliphatic heterocycles. The first-order valence-electron chi connectivity index (χ1n) is 4.46. The Kier molecular flexibility index (Phi) is 3.27. The molecular weight excluding hydrogens is 278 g/mol. The zero-order chi connectivity index (χ0) is 11.1. The molecule has 5 heteroatoms. The molecule has 1 saturated carbocycles. The summed E-state index contributed by atoms with van der Waals surface area (Å²) in [5, 5.41) is 1.33. The van der Waals surface area contributed by atoms with E-state index in [2.05, 4.69) is 0 Å². The highest BCUT2D eigenvalue weighted by atomic mass is 35.5. The van der Waals surface area contributed by atoms with Crippen molar-refractivity contribution in [3.8, 4) is 5.75 Å². The molecule has 1 aliphatic rings. The first-order chi connectivity index (χ1) is 7.06. The minimum absolute atomic E-state index is 0.275. The van der Waals surface area contributed by atoms with Gasteiger partial charge in [0.05, 0.1) is 15.9 Å². The summed E-state index contributed by atoms with van der Waals surface area (Å²) in [5.41, 5.74) is -0.275. The molecule has 2 rings (SSSR count). The summed E-state index contributed by atoms with van der Waals surface area (Å²) in [6.45, 7) is 0. The van der Waals surface area contributed by atoms with Gasteiger partial charge >= 0.3 is 0 Å². The van der Waals surface area contributed by atoms with Gasteiger partial charge in [-0.25, -0.2) is 0 Å². The molecule has 0 bridgehead atoms. The minimum atomic E-state index is -0.275. The van der Waals surface area contributed by atoms with Gasteiger partial charge in [-0.05, 0) is 25.0 Å². The topological polar surface area (TPSA) is 9.23 Å². The highest BCUT2D eigenvalue weighted by Gasteiger charge is 2.45. The first kappa shape index (κ1) is 11.7. The molecule has 1 aromatic carbocycles. The molecule has 0 unspecified atom stereocenters. The molecule has 0 aromatic heterocycles. The number of benzene rings is 1. The van der Waals surface area contributed by atoms with Gasteiger partial charge in [0.25, 0.3) is 0 Å². The van der Waals surface area contributed by atoms with E-state index < -0.39 is 0 Å². The van der Waals surface area contributed by atoms with E-state index in [1.807, 2.05) is 0 Å². The standard InChI is InChI=1S/C10H8Cl4O/c11-5-10(1-2-10)15-9-7(13)3-6(12)4-8(9)14/h3-4H,1-2,5H2. The van der Waals surface area contributed by atoms with E-state index in [4.69, 9.17) is 51.1 Å². The molecule has 0 spiro atoms. The molecule has 0 atom stereocenters. The summed E-state index contributed by atoms with van der Waals surface area (Å²) in [5.74, 6) is 0.920. The fourth-order valence-corrected chi connectivity index (χ4v) is 2.46. The lowest BCUT2D eigenvalue weighted by Gasteiger charge is -2.17. The van der Waals surface area contributed by atoms with Crippen molar-refractivity contribution in [1.82, 2.24) is 0 Å². The molecule has 15 heavy (non-hydrogen) atoms. The second-order valence-corrected chi connectivity index (χ2v) is 5.14. The van der Waals surface area contributed by atoms with Crippen molar-refractivity contribution in [2.75, 3.05) is 5.88 Å². The average Bonchev–Trinajstić information content (AvgIpc) is 2.92. The number of hydrogen-bond acceptors (Lipinski definition) is 1. The Hall–Kier alpha value is 0.180. The highest BCUT2D eigenvalue weighted by Crippen LogP contribution is 2.46. The van der Waals surface area contributed by atoms with Crippen molar-refractivity contribution in [2.45, 2.75) is 18.4 Å². The van der Waals surface area contributed by atoms with Gasteiger partial charge in [-0.3, -0.25) is 0 Å². The highest BCUT2D eigenvalue weighted by molar-refractivity contribution is 6.40. The molecule has 0 saturated heterocycles. The van der Waals surface area contributed by atoms with Crippen LogP contribution in [0.15, 0.2) is 12.1 Å². The van der Waals surface area contributed by atoms with Gasteiger partial charge in [0.2, 0.25) is 0 Å². The van der Waals surface area contributed by atoms with Gasteiger partial charge in [-0.1, -0.05) is 34.8 Å². The Morgan fingerprint density at radius 2 is 1.67 bits per heavy atom. The van der Waals surface area contributed by atoms with Crippen molar-refractivity contribution in [3.63, 3.8) is 0 Å². The van der Waals surface area contributed by atoms with Crippen LogP contribution in [0.4, 0.5) is 0 Å². The molecular formula is C10H8Cl4O. The average molecular weight is 286 g/mol. The van der Waals surface area contributed by atoms with E-state index in [-0.39, 0.29) is 5.60 Å². The van der Waals surface area contributed by atoms with Crippen LogP contribution in [0.3, 0.4) is 0 Å². The molecule has 1 aliphatic carbocycles. The van der Waals surface area contributed by atoms with Gasteiger partial charge in [-0.15, -0.1) is 11.6 Å². The fourth-order valence-electron chi connectivity index (χ4n) is 1.25. The van der Waals surface area contributed by atoms with Crippen molar-refractivity contribution in [3.05, 3.63) is 27.2 Å². The molecule has 1 fully saturated rings. The van der Waals surface area contributed by atoms with Crippen molar-refractivity contribution in [2.24, 2.45) is 0 Å². The fraction of sp³-hybridized carbons (Fsp3) is 0.400. The Bertz CT molecular complexity index is 364. The molecule has 0 amide bonds. The van der Waals surface area contributed by atoms with Gasteiger partial charge in [0.1, 0.15) is 5.60 Å². The lowest BCUT2D eigenvalue weighted by molar-refractivity contribution is 0.204. The number of alkyl halides is 1. The SMILES string of the molecule is ClCC1(Oc2c(Cl)cc(Cl)cc2Cl)CC1. The predicted molar refractivity (Wildman–Crippen MR) is 64.8 cm³/mol. The lowest BCUT2D eigenvalue weighted by atomic mass is 10.3. The quantitative estimate of drug-likeness (QED) is 0.725. The monoisotopic (exact) mass is 284 g/mol. The largest absolute Gasteiger partial charge is 0.483 e. The van der Waals surface area contributed by atoms with Crippen molar-refractivity contribution < 1.29 is 4.74 Å². The summed E-state index contributed by atoms with van der Waals surface area (Å²) in [6, 6.07) is 3.21. The molecule has 0 radical (unpaired) electrons. The maximum atomic E-state index is 5.99. The molecule has 0 N–H and O–H groups in total. The van der Waals surface area contributed by atoms with Crippen LogP contribution in [0.2, 0.25) is 15.1 Å². The predicted octanol–water partition coefficient (Wildman–Crippen LogP) is 4.80. The van der Waals surface area contributed by atoms with Crippen LogP contribution >= 0.6 is 46.4 Å². The van der Waals surface area contributed by atoms with E-state index in [1.165, 1.54) is 0 Å². The maximum absolute atomic E-state index is 5.99. The van der Waals surface area contributed by atoms with Crippen LogP contribution in [0.25, 0.3) is 0 Å². The Morgan fingerprint density at radius 1 is 1.13 bits per heavy atom. The third-order valence-electron chi connectivity index (χ3n) is 2.33. The zero-order valence-corrected chi connectivity index (χ0v) is 10.7. The number of rotatable bonds is 3. The van der Waals surface area contributed by atoms with Crippen LogP contribution in [-0.2, 0) is 0 Å². The normalized spacial score (nSPS) is 17.6. The Morgan fingerprint density at radius 3 is 2.07 bits per heavy atom. The van der Waals surface area contributed by atoms with Crippen LogP contribution in [0, 0.1) is 0 Å². The van der Waals surface area contributed by atoms with E-state index in [9.17, 15) is 0 Å². The van der Waals surface area contributed by atoms with Crippen LogP contribution in [-0.4, -0.2) is 11.5 Å². The summed E-state index contributed by atoms with van der Waals surface area (Å²) in [6.07, 6.45) is 1.87. The van der Waals surface area contributed by atoms with Crippen molar-refractivity contribution >= 4 is 46.4 Å². The summed E-state index contributed by atoms with van der Waals surface area (Å²) in [4.78, 5) is 0. The first-order valence-corrected chi connectivity index (χ1v) is 6.13. The lowest BCUT2D eigenvalue weighted by Crippen LogP contribution is -2.20. The van der Waals surface area contributed by atoms with Crippen LogP contribution in [0.5, 0.6) is 5.75 Å². The second kappa shape index (κ2) is 4.21. The van der Waals surface area contributed by atoms with Gasteiger partial charge in [0, 0.05) is 5.02 Å². The Labute approximate surface area is 108 Å². The summed E-state index contributed by atoms with van der Waals surface area (Å²) in [7, 11) is 0. The number of hydrogen-bond donors (Lipinski definition) is 0. The van der Waals surface area contributed by atoms with Gasteiger partial charge in [-0.2, -0.15) is 0 Å². The second-order valence-electron chi connectivity index (χ2n) is 3.62. The Balaban J connectivity index is 2.28. The van der Waals surface area contributed by atoms with Crippen LogP contribution < -0.4 is 4.74 Å². The van der Waals surface area contributed by atoms with Crippen molar-refractivity contribution in [1.29, 1.82) is 0 Å². The van der Waals surface area contributed by atoms with Gasteiger partial charge < -0.3 is 4.74 Å². The van der Waals surface area contributed by atoms with E-state index in [0.29, 0.717) is 26.7 Å². The maximum Gasteiger partial charge on any atom is 0.157 e. The van der Waals surface area contributed by atoms with E-state index >= 15 is 0 Å². The van der Waals surface area contributed by atoms with Crippen LogP contribution in [0.1, 0.15) is 12.8 Å². The van der Waals surface area contributed by atoms with Gasteiger partial charge in [0.15, 0.2) is 5.75 Å². The molecule has 82 valence electrons. The zero-order valence-electron chi connectivity index (χ0n) is 7.70. The summed E-state index contributed by atoms with van der Waals surface area (Å²) < 4.78 is 5.72. The van der Waals surface area contributed by atoms with E-state index in [0.717, 1.165) is 12.8 Å². The molecule has 0 heterocycles. The van der Waals surface area contributed by atoms with E-state index in [1.54, 1.807) is 12.1 Å². The number of halogens is 4. The molecule has 1 nitrogen and oxygen atoms in total.